The van der Waals surface area contributed by atoms with Gasteiger partial charge in [-0.15, -0.1) is 0 Å². The zero-order chi connectivity index (χ0) is 12.3. The monoisotopic (exact) mass is 229 g/mol. The van der Waals surface area contributed by atoms with Gasteiger partial charge in [0.25, 0.3) is 0 Å². The van der Waals surface area contributed by atoms with E-state index in [0.717, 1.165) is 10.8 Å². The van der Waals surface area contributed by atoms with Crippen LogP contribution in [0.15, 0.2) is 41.8 Å². The molecule has 0 unspecified atom stereocenters. The Morgan fingerprint density at radius 1 is 1.35 bits per heavy atom. The van der Waals surface area contributed by atoms with Crippen LogP contribution in [0.5, 0.6) is 0 Å². The van der Waals surface area contributed by atoms with Crippen LogP contribution < -0.4 is 5.43 Å². The van der Waals surface area contributed by atoms with Crippen LogP contribution >= 0.6 is 0 Å². The van der Waals surface area contributed by atoms with E-state index in [1.807, 2.05) is 24.3 Å². The van der Waals surface area contributed by atoms with Gasteiger partial charge in [0.15, 0.2) is 0 Å². The number of carbonyl (C=O) groups is 1. The van der Waals surface area contributed by atoms with Gasteiger partial charge in [0.2, 0.25) is 0 Å². The SMILES string of the molecule is C/C(=N\Nc1cncc2ccccc12)C(=O)O. The first-order valence-corrected chi connectivity index (χ1v) is 5.05. The second-order valence-electron chi connectivity index (χ2n) is 3.52. The number of anilines is 1. The highest BCUT2D eigenvalue weighted by Crippen LogP contribution is 2.21. The molecule has 0 aliphatic heterocycles. The standard InChI is InChI=1S/C12H11N3O2/c1-8(12(16)17)14-15-11-7-13-6-9-4-2-3-5-10(9)11/h2-7,15H,1H3,(H,16,17)/b14-8+. The van der Waals surface area contributed by atoms with Crippen LogP contribution in [-0.4, -0.2) is 21.8 Å². The topological polar surface area (TPSA) is 74.6 Å². The maximum atomic E-state index is 10.6. The molecule has 2 rings (SSSR count). The fourth-order valence-electron chi connectivity index (χ4n) is 1.40. The summed E-state index contributed by atoms with van der Waals surface area (Å²) >= 11 is 0. The van der Waals surface area contributed by atoms with Crippen LogP contribution in [0, 0.1) is 0 Å². The number of nitrogens with zero attached hydrogens (tertiary/aromatic N) is 2. The van der Waals surface area contributed by atoms with Crippen LogP contribution in [0.4, 0.5) is 5.69 Å². The van der Waals surface area contributed by atoms with Crippen molar-refractivity contribution in [1.82, 2.24) is 4.98 Å². The molecule has 1 aromatic heterocycles. The minimum Gasteiger partial charge on any atom is -0.477 e. The van der Waals surface area contributed by atoms with Gasteiger partial charge in [0.1, 0.15) is 5.71 Å². The number of pyridine rings is 1. The van der Waals surface area contributed by atoms with Crippen molar-refractivity contribution in [2.45, 2.75) is 6.92 Å². The van der Waals surface area contributed by atoms with Gasteiger partial charge in [-0.1, -0.05) is 24.3 Å². The maximum absolute atomic E-state index is 10.6. The van der Waals surface area contributed by atoms with Crippen molar-refractivity contribution in [1.29, 1.82) is 0 Å². The quantitative estimate of drug-likeness (QED) is 0.624. The van der Waals surface area contributed by atoms with Gasteiger partial charge in [-0.2, -0.15) is 5.10 Å². The maximum Gasteiger partial charge on any atom is 0.351 e. The molecule has 0 radical (unpaired) electrons. The molecule has 1 heterocycles. The van der Waals surface area contributed by atoms with Crippen molar-refractivity contribution >= 4 is 28.1 Å². The van der Waals surface area contributed by atoms with E-state index in [-0.39, 0.29) is 5.71 Å². The van der Waals surface area contributed by atoms with Crippen LogP contribution in [0.2, 0.25) is 0 Å². The van der Waals surface area contributed by atoms with E-state index in [2.05, 4.69) is 15.5 Å². The Bertz CT molecular complexity index is 588. The van der Waals surface area contributed by atoms with Crippen LogP contribution in [0.25, 0.3) is 10.8 Å². The van der Waals surface area contributed by atoms with Crippen molar-refractivity contribution in [2.75, 3.05) is 5.43 Å². The molecule has 0 amide bonds. The summed E-state index contributed by atoms with van der Waals surface area (Å²) in [5.74, 6) is -1.05. The van der Waals surface area contributed by atoms with Gasteiger partial charge >= 0.3 is 5.97 Å². The highest BCUT2D eigenvalue weighted by atomic mass is 16.4. The van der Waals surface area contributed by atoms with E-state index in [1.54, 1.807) is 12.4 Å². The van der Waals surface area contributed by atoms with Gasteiger partial charge in [-0.05, 0) is 6.92 Å². The fraction of sp³-hybridized carbons (Fsp3) is 0.0833. The van der Waals surface area contributed by atoms with Crippen LogP contribution in [-0.2, 0) is 4.79 Å². The number of carboxylic acid groups (broad SMARTS) is 1. The summed E-state index contributed by atoms with van der Waals surface area (Å²) in [6.07, 6.45) is 3.36. The lowest BCUT2D eigenvalue weighted by atomic mass is 10.1. The first-order chi connectivity index (χ1) is 8.18. The normalized spacial score (nSPS) is 11.5. The Morgan fingerprint density at radius 3 is 2.88 bits per heavy atom. The average Bonchev–Trinajstić information content (AvgIpc) is 2.35. The zero-order valence-corrected chi connectivity index (χ0v) is 9.21. The summed E-state index contributed by atoms with van der Waals surface area (Å²) in [6, 6.07) is 7.67. The van der Waals surface area contributed by atoms with Crippen molar-refractivity contribution in [3.8, 4) is 0 Å². The summed E-state index contributed by atoms with van der Waals surface area (Å²) in [5, 5.41) is 14.4. The van der Waals surface area contributed by atoms with E-state index < -0.39 is 5.97 Å². The van der Waals surface area contributed by atoms with Crippen molar-refractivity contribution in [3.63, 3.8) is 0 Å². The van der Waals surface area contributed by atoms with Gasteiger partial charge in [0.05, 0.1) is 11.9 Å². The number of hydrazone groups is 1. The molecule has 1 aromatic carbocycles. The summed E-state index contributed by atoms with van der Waals surface area (Å²) < 4.78 is 0. The number of fused-ring (bicyclic) bond motifs is 1. The minimum absolute atomic E-state index is 0.00191. The molecule has 0 spiro atoms. The summed E-state index contributed by atoms with van der Waals surface area (Å²) in [7, 11) is 0. The lowest BCUT2D eigenvalue weighted by Gasteiger charge is -2.04. The average molecular weight is 229 g/mol. The number of rotatable bonds is 3. The molecular weight excluding hydrogens is 218 g/mol. The molecule has 86 valence electrons. The number of aliphatic carboxylic acids is 1. The molecule has 0 bridgehead atoms. The number of hydrogen-bond donors (Lipinski definition) is 2. The molecule has 0 fully saturated rings. The Kier molecular flexibility index (Phi) is 3.00. The van der Waals surface area contributed by atoms with Crippen molar-refractivity contribution in [2.24, 2.45) is 5.10 Å². The third-order valence-corrected chi connectivity index (χ3v) is 2.32. The minimum atomic E-state index is -1.05. The summed E-state index contributed by atoms with van der Waals surface area (Å²) in [5.41, 5.74) is 3.40. The lowest BCUT2D eigenvalue weighted by Crippen LogP contribution is -2.10. The van der Waals surface area contributed by atoms with Gasteiger partial charge < -0.3 is 5.11 Å². The van der Waals surface area contributed by atoms with Crippen molar-refractivity contribution < 1.29 is 9.90 Å². The second-order valence-corrected chi connectivity index (χ2v) is 3.52. The van der Waals surface area contributed by atoms with Gasteiger partial charge in [0, 0.05) is 17.0 Å². The number of carboxylic acids is 1. The Balaban J connectivity index is 2.37. The highest BCUT2D eigenvalue weighted by Gasteiger charge is 2.03. The Morgan fingerprint density at radius 2 is 2.12 bits per heavy atom. The smallest absolute Gasteiger partial charge is 0.351 e. The fourth-order valence-corrected chi connectivity index (χ4v) is 1.40. The lowest BCUT2D eigenvalue weighted by molar-refractivity contribution is -0.129. The molecule has 0 aliphatic carbocycles. The molecule has 2 N–H and O–H groups in total. The third-order valence-electron chi connectivity index (χ3n) is 2.32. The Labute approximate surface area is 97.8 Å². The molecule has 2 aromatic rings. The van der Waals surface area contributed by atoms with E-state index in [1.165, 1.54) is 6.92 Å². The molecule has 0 saturated carbocycles. The van der Waals surface area contributed by atoms with E-state index >= 15 is 0 Å². The van der Waals surface area contributed by atoms with E-state index in [0.29, 0.717) is 5.69 Å². The second kappa shape index (κ2) is 4.61. The van der Waals surface area contributed by atoms with E-state index in [4.69, 9.17) is 5.11 Å². The predicted molar refractivity (Wildman–Crippen MR) is 66.1 cm³/mol. The molecule has 5 heteroatoms. The predicted octanol–water partition coefficient (Wildman–Crippen LogP) is 2.11. The first-order valence-electron chi connectivity index (χ1n) is 5.05. The van der Waals surface area contributed by atoms with Gasteiger partial charge in [-0.3, -0.25) is 10.4 Å². The number of nitrogens with one attached hydrogen (secondary N) is 1. The summed E-state index contributed by atoms with van der Waals surface area (Å²) in [6.45, 7) is 1.42. The van der Waals surface area contributed by atoms with E-state index in [9.17, 15) is 4.79 Å². The number of aromatic nitrogens is 1. The molecular formula is C12H11N3O2. The van der Waals surface area contributed by atoms with Crippen molar-refractivity contribution in [3.05, 3.63) is 36.7 Å². The molecule has 0 atom stereocenters. The van der Waals surface area contributed by atoms with Gasteiger partial charge in [-0.25, -0.2) is 4.79 Å². The Hall–Kier alpha value is -2.43. The number of hydrogen-bond acceptors (Lipinski definition) is 4. The van der Waals surface area contributed by atoms with Crippen LogP contribution in [0.3, 0.4) is 0 Å². The first kappa shape index (κ1) is 11.1. The highest BCUT2D eigenvalue weighted by molar-refractivity contribution is 6.34. The third kappa shape index (κ3) is 2.39. The molecule has 0 aliphatic rings. The summed E-state index contributed by atoms with van der Waals surface area (Å²) in [4.78, 5) is 14.7. The largest absolute Gasteiger partial charge is 0.477 e. The van der Waals surface area contributed by atoms with Crippen LogP contribution in [0.1, 0.15) is 6.92 Å². The zero-order valence-electron chi connectivity index (χ0n) is 9.21. The molecule has 5 nitrogen and oxygen atoms in total. The molecule has 17 heavy (non-hydrogen) atoms. The molecule has 0 saturated heterocycles. The number of benzene rings is 1.